The van der Waals surface area contributed by atoms with E-state index in [0.29, 0.717) is 27.8 Å². The molecule has 0 radical (unpaired) electrons. The van der Waals surface area contributed by atoms with Gasteiger partial charge in [-0.3, -0.25) is 9.36 Å². The van der Waals surface area contributed by atoms with E-state index >= 15 is 0 Å². The summed E-state index contributed by atoms with van der Waals surface area (Å²) in [5.41, 5.74) is 0.669. The zero-order valence-corrected chi connectivity index (χ0v) is 13.8. The highest BCUT2D eigenvalue weighted by Gasteiger charge is 2.12. The fourth-order valence-corrected chi connectivity index (χ4v) is 2.66. The van der Waals surface area contributed by atoms with Crippen molar-refractivity contribution >= 4 is 34.3 Å². The van der Waals surface area contributed by atoms with E-state index in [9.17, 15) is 9.59 Å². The van der Waals surface area contributed by atoms with E-state index in [1.807, 2.05) is 0 Å². The lowest BCUT2D eigenvalue weighted by Gasteiger charge is -2.13. The molecular formula is C17H14ClN3O3. The van der Waals surface area contributed by atoms with Crippen LogP contribution in [0, 0.1) is 0 Å². The average Bonchev–Trinajstić information content (AvgIpc) is 2.53. The van der Waals surface area contributed by atoms with Crippen LogP contribution in [0.2, 0.25) is 5.02 Å². The number of rotatable bonds is 3. The highest BCUT2D eigenvalue weighted by Crippen LogP contribution is 2.26. The van der Waals surface area contributed by atoms with Crippen LogP contribution in [-0.2, 0) is 4.79 Å². The molecule has 3 rings (SSSR count). The van der Waals surface area contributed by atoms with E-state index < -0.39 is 11.7 Å². The summed E-state index contributed by atoms with van der Waals surface area (Å²) in [5, 5.41) is 4.16. The van der Waals surface area contributed by atoms with Gasteiger partial charge in [-0.15, -0.1) is 0 Å². The van der Waals surface area contributed by atoms with Crippen LogP contribution in [0.4, 0.5) is 5.82 Å². The van der Waals surface area contributed by atoms with Crippen LogP contribution in [0.25, 0.3) is 16.6 Å². The lowest BCUT2D eigenvalue weighted by Crippen LogP contribution is -2.23. The first kappa shape index (κ1) is 16.0. The molecule has 0 fully saturated rings. The van der Waals surface area contributed by atoms with E-state index in [1.54, 1.807) is 49.5 Å². The summed E-state index contributed by atoms with van der Waals surface area (Å²) in [4.78, 5) is 27.7. The molecule has 0 atom stereocenters. The van der Waals surface area contributed by atoms with E-state index in [0.717, 1.165) is 5.39 Å². The van der Waals surface area contributed by atoms with Crippen molar-refractivity contribution < 1.29 is 9.53 Å². The van der Waals surface area contributed by atoms with Gasteiger partial charge in [-0.1, -0.05) is 17.7 Å². The normalized spacial score (nSPS) is 10.6. The monoisotopic (exact) mass is 343 g/mol. The molecule has 0 saturated heterocycles. The van der Waals surface area contributed by atoms with Crippen LogP contribution in [-0.4, -0.2) is 22.6 Å². The molecular weight excluding hydrogens is 330 g/mol. The summed E-state index contributed by atoms with van der Waals surface area (Å²) < 4.78 is 6.51. The predicted molar refractivity (Wildman–Crippen MR) is 93.2 cm³/mol. The van der Waals surface area contributed by atoms with Crippen molar-refractivity contribution in [3.8, 4) is 11.4 Å². The number of benzene rings is 2. The smallest absolute Gasteiger partial charge is 0.354 e. The van der Waals surface area contributed by atoms with Crippen LogP contribution in [0.5, 0.6) is 5.75 Å². The average molecular weight is 344 g/mol. The Morgan fingerprint density at radius 1 is 1.25 bits per heavy atom. The summed E-state index contributed by atoms with van der Waals surface area (Å²) in [6, 6.07) is 11.9. The highest BCUT2D eigenvalue weighted by molar-refractivity contribution is 6.31. The zero-order valence-electron chi connectivity index (χ0n) is 13.0. The van der Waals surface area contributed by atoms with Crippen LogP contribution in [0.1, 0.15) is 6.92 Å². The van der Waals surface area contributed by atoms with Gasteiger partial charge < -0.3 is 10.1 Å². The molecule has 0 saturated carbocycles. The van der Waals surface area contributed by atoms with Crippen LogP contribution in [0.3, 0.4) is 0 Å². The van der Waals surface area contributed by atoms with Crippen molar-refractivity contribution in [2.24, 2.45) is 0 Å². The Kier molecular flexibility index (Phi) is 4.22. The van der Waals surface area contributed by atoms with Crippen molar-refractivity contribution in [2.45, 2.75) is 6.92 Å². The largest absolute Gasteiger partial charge is 0.427 e. The van der Waals surface area contributed by atoms with E-state index in [-0.39, 0.29) is 0 Å². The van der Waals surface area contributed by atoms with Gasteiger partial charge >= 0.3 is 11.7 Å². The van der Waals surface area contributed by atoms with Crippen LogP contribution in [0.15, 0.2) is 47.3 Å². The number of hydrogen-bond donors (Lipinski definition) is 1. The van der Waals surface area contributed by atoms with Crippen molar-refractivity contribution in [1.82, 2.24) is 9.55 Å². The number of nitrogens with zero attached hydrogens (tertiary/aromatic N) is 2. The molecule has 2 aromatic carbocycles. The zero-order chi connectivity index (χ0) is 17.3. The number of anilines is 1. The molecule has 0 aliphatic carbocycles. The van der Waals surface area contributed by atoms with Crippen molar-refractivity contribution in [2.75, 3.05) is 12.4 Å². The third-order valence-electron chi connectivity index (χ3n) is 3.43. The Labute approximate surface area is 142 Å². The fraction of sp³-hybridized carbons (Fsp3) is 0.118. The Balaban J connectivity index is 2.30. The maximum Gasteiger partial charge on any atom is 0.354 e. The molecule has 6 nitrogen and oxygen atoms in total. The Morgan fingerprint density at radius 3 is 2.75 bits per heavy atom. The molecule has 3 aromatic rings. The van der Waals surface area contributed by atoms with Gasteiger partial charge in [-0.05, 0) is 30.3 Å². The third kappa shape index (κ3) is 2.96. The van der Waals surface area contributed by atoms with Gasteiger partial charge in [0.1, 0.15) is 11.6 Å². The van der Waals surface area contributed by atoms with Gasteiger partial charge in [-0.2, -0.15) is 4.98 Å². The molecule has 1 aromatic heterocycles. The summed E-state index contributed by atoms with van der Waals surface area (Å²) in [6.07, 6.45) is 0. The molecule has 122 valence electrons. The third-order valence-corrected chi connectivity index (χ3v) is 3.66. The SMILES string of the molecule is CNc1nc(=O)n(-c2cccc(OC(C)=O)c2)c2cc(Cl)ccc12. The lowest BCUT2D eigenvalue weighted by molar-refractivity contribution is -0.131. The summed E-state index contributed by atoms with van der Waals surface area (Å²) in [7, 11) is 1.70. The van der Waals surface area contributed by atoms with Gasteiger partial charge in [-0.25, -0.2) is 4.79 Å². The van der Waals surface area contributed by atoms with Crippen molar-refractivity contribution in [3.63, 3.8) is 0 Å². The van der Waals surface area contributed by atoms with Gasteiger partial charge in [0.15, 0.2) is 0 Å². The van der Waals surface area contributed by atoms with E-state index in [4.69, 9.17) is 16.3 Å². The maximum atomic E-state index is 12.5. The lowest BCUT2D eigenvalue weighted by atomic mass is 10.2. The van der Waals surface area contributed by atoms with Gasteiger partial charge in [0.2, 0.25) is 0 Å². The molecule has 0 unspecified atom stereocenters. The quantitative estimate of drug-likeness (QED) is 0.584. The Bertz CT molecular complexity index is 998. The van der Waals surface area contributed by atoms with Crippen LogP contribution < -0.4 is 15.7 Å². The number of fused-ring (bicyclic) bond motifs is 1. The first-order chi connectivity index (χ1) is 11.5. The molecule has 1 N–H and O–H groups in total. The molecule has 0 aliphatic heterocycles. The molecule has 0 bridgehead atoms. The first-order valence-electron chi connectivity index (χ1n) is 7.18. The summed E-state index contributed by atoms with van der Waals surface area (Å²) >= 11 is 6.10. The second-order valence-corrected chi connectivity index (χ2v) is 5.52. The first-order valence-corrected chi connectivity index (χ1v) is 7.56. The molecule has 7 heteroatoms. The number of esters is 1. The minimum absolute atomic E-state index is 0.347. The maximum absolute atomic E-state index is 12.5. The standard InChI is InChI=1S/C17H14ClN3O3/c1-10(22)24-13-5-3-4-12(9-13)21-15-8-11(18)6-7-14(15)16(19-2)20-17(21)23/h3-9H,1-2H3,(H,19,20,23). The summed E-state index contributed by atoms with van der Waals surface area (Å²) in [6.45, 7) is 1.32. The van der Waals surface area contributed by atoms with Gasteiger partial charge in [0.25, 0.3) is 0 Å². The predicted octanol–water partition coefficient (Wildman–Crippen LogP) is 3.01. The number of ether oxygens (including phenoxy) is 1. The van der Waals surface area contributed by atoms with Crippen molar-refractivity contribution in [3.05, 3.63) is 58.0 Å². The molecule has 0 spiro atoms. The minimum Gasteiger partial charge on any atom is -0.427 e. The number of nitrogens with one attached hydrogen (secondary N) is 1. The molecule has 24 heavy (non-hydrogen) atoms. The number of halogens is 1. The van der Waals surface area contributed by atoms with Gasteiger partial charge in [0, 0.05) is 30.4 Å². The van der Waals surface area contributed by atoms with Crippen LogP contribution >= 0.6 is 11.6 Å². The van der Waals surface area contributed by atoms with E-state index in [2.05, 4.69) is 10.3 Å². The van der Waals surface area contributed by atoms with Gasteiger partial charge in [0.05, 0.1) is 11.2 Å². The fourth-order valence-electron chi connectivity index (χ4n) is 2.49. The second-order valence-electron chi connectivity index (χ2n) is 5.08. The molecule has 0 amide bonds. The highest BCUT2D eigenvalue weighted by atomic mass is 35.5. The summed E-state index contributed by atoms with van der Waals surface area (Å²) in [5.74, 6) is 0.384. The molecule has 0 aliphatic rings. The Morgan fingerprint density at radius 2 is 2.04 bits per heavy atom. The number of hydrogen-bond acceptors (Lipinski definition) is 5. The topological polar surface area (TPSA) is 73.2 Å². The molecule has 1 heterocycles. The second kappa shape index (κ2) is 6.33. The van der Waals surface area contributed by atoms with E-state index in [1.165, 1.54) is 11.5 Å². The Hall–Kier alpha value is -2.86. The van der Waals surface area contributed by atoms with Crippen molar-refractivity contribution in [1.29, 1.82) is 0 Å². The minimum atomic E-state index is -0.464. The number of aromatic nitrogens is 2. The number of carbonyl (C=O) groups is 1. The number of carbonyl (C=O) groups excluding carboxylic acids is 1.